The number of benzene rings is 3. The van der Waals surface area contributed by atoms with Crippen molar-refractivity contribution in [3.8, 4) is 0 Å². The van der Waals surface area contributed by atoms with Crippen molar-refractivity contribution in [2.24, 2.45) is 5.92 Å². The summed E-state index contributed by atoms with van der Waals surface area (Å²) in [6, 6.07) is 20.4. The fraction of sp³-hybridized carbons (Fsp3) is 0.214. The van der Waals surface area contributed by atoms with Crippen molar-refractivity contribution in [1.82, 2.24) is 0 Å². The quantitative estimate of drug-likeness (QED) is 0.343. The normalized spacial score (nSPS) is 16.1. The van der Waals surface area contributed by atoms with Gasteiger partial charge in [0.15, 0.2) is 11.9 Å². The number of hydrogen-bond acceptors (Lipinski definition) is 5. The molecule has 0 bridgehead atoms. The molecule has 0 N–H and O–H groups in total. The van der Waals surface area contributed by atoms with E-state index >= 15 is 0 Å². The lowest BCUT2D eigenvalue weighted by Crippen LogP contribution is -2.31. The molecule has 6 nitrogen and oxygen atoms in total. The van der Waals surface area contributed by atoms with Crippen LogP contribution in [0, 0.1) is 12.8 Å². The van der Waals surface area contributed by atoms with Gasteiger partial charge in [-0.2, -0.15) is 0 Å². The maximum absolute atomic E-state index is 13.1. The minimum Gasteiger partial charge on any atom is -0.454 e. The lowest BCUT2D eigenvalue weighted by atomic mass is 10.0. The van der Waals surface area contributed by atoms with E-state index in [2.05, 4.69) is 0 Å². The molecule has 0 spiro atoms. The van der Waals surface area contributed by atoms with Gasteiger partial charge in [-0.3, -0.25) is 19.2 Å². The Balaban J connectivity index is 1.50. The van der Waals surface area contributed by atoms with Gasteiger partial charge in [0.2, 0.25) is 11.7 Å². The Kier molecular flexibility index (Phi) is 7.12. The predicted molar refractivity (Wildman–Crippen MR) is 133 cm³/mol. The van der Waals surface area contributed by atoms with E-state index < -0.39 is 18.0 Å². The summed E-state index contributed by atoms with van der Waals surface area (Å²) in [6.45, 7) is 3.48. The lowest BCUT2D eigenvalue weighted by molar-refractivity contribution is -0.151. The van der Waals surface area contributed by atoms with Crippen LogP contribution in [0.25, 0.3) is 0 Å². The standard InChI is InChI=1S/C28H24ClNO5/c1-17-8-10-20(11-9-17)26(32)18(2)35-28(34)21-14-25(31)30(16-21)24-13-12-22(29)15-23(24)27(33)19-6-4-3-5-7-19/h3-13,15,18,21H,14,16H2,1-2H3/t18-,21+/m1/s1. The number of anilines is 1. The number of carbonyl (C=O) groups is 4. The van der Waals surface area contributed by atoms with Gasteiger partial charge in [0, 0.05) is 34.7 Å². The molecule has 1 saturated heterocycles. The zero-order valence-electron chi connectivity index (χ0n) is 19.4. The van der Waals surface area contributed by atoms with Crippen LogP contribution in [0.4, 0.5) is 5.69 Å². The molecule has 0 unspecified atom stereocenters. The molecule has 4 rings (SSSR count). The highest BCUT2D eigenvalue weighted by Gasteiger charge is 2.38. The van der Waals surface area contributed by atoms with Crippen LogP contribution in [0.2, 0.25) is 5.02 Å². The van der Waals surface area contributed by atoms with E-state index in [4.69, 9.17) is 16.3 Å². The molecule has 3 aromatic carbocycles. The summed E-state index contributed by atoms with van der Waals surface area (Å²) in [5.74, 6) is -2.29. The average molecular weight is 490 g/mol. The van der Waals surface area contributed by atoms with Gasteiger partial charge in [-0.15, -0.1) is 0 Å². The maximum atomic E-state index is 13.1. The van der Waals surface area contributed by atoms with Gasteiger partial charge in [0.1, 0.15) is 0 Å². The molecule has 1 fully saturated rings. The van der Waals surface area contributed by atoms with Crippen molar-refractivity contribution in [1.29, 1.82) is 0 Å². The Labute approximate surface area is 208 Å². The molecule has 1 amide bonds. The molecule has 1 aliphatic heterocycles. The zero-order chi connectivity index (χ0) is 25.1. The minimum absolute atomic E-state index is 0.0415. The smallest absolute Gasteiger partial charge is 0.312 e. The highest BCUT2D eigenvalue weighted by atomic mass is 35.5. The Morgan fingerprint density at radius 3 is 2.34 bits per heavy atom. The van der Waals surface area contributed by atoms with Crippen LogP contribution in [-0.2, 0) is 14.3 Å². The molecule has 0 saturated carbocycles. The van der Waals surface area contributed by atoms with Gasteiger partial charge < -0.3 is 9.64 Å². The zero-order valence-corrected chi connectivity index (χ0v) is 20.1. The van der Waals surface area contributed by atoms with E-state index in [1.165, 1.54) is 17.9 Å². The summed E-state index contributed by atoms with van der Waals surface area (Å²) in [5, 5.41) is 0.360. The number of halogens is 1. The number of nitrogens with zero attached hydrogens (tertiary/aromatic N) is 1. The number of carbonyl (C=O) groups excluding carboxylic acids is 4. The highest BCUT2D eigenvalue weighted by Crippen LogP contribution is 2.32. The number of Topliss-reactive ketones (excluding diaryl/α,β-unsaturated/α-hetero) is 1. The maximum Gasteiger partial charge on any atom is 0.312 e. The Hall–Kier alpha value is -3.77. The van der Waals surface area contributed by atoms with Crippen LogP contribution in [0.15, 0.2) is 72.8 Å². The molecule has 0 radical (unpaired) electrons. The Bertz CT molecular complexity index is 1290. The van der Waals surface area contributed by atoms with Crippen molar-refractivity contribution in [3.63, 3.8) is 0 Å². The summed E-state index contributed by atoms with van der Waals surface area (Å²) in [7, 11) is 0. The summed E-state index contributed by atoms with van der Waals surface area (Å²) >= 11 is 6.15. The molecule has 2 atom stereocenters. The Morgan fingerprint density at radius 2 is 1.66 bits per heavy atom. The largest absolute Gasteiger partial charge is 0.454 e. The van der Waals surface area contributed by atoms with Gasteiger partial charge in [0.25, 0.3) is 0 Å². The van der Waals surface area contributed by atoms with Gasteiger partial charge in [0.05, 0.1) is 11.6 Å². The van der Waals surface area contributed by atoms with Crippen LogP contribution < -0.4 is 4.90 Å². The number of ketones is 2. The minimum atomic E-state index is -0.986. The van der Waals surface area contributed by atoms with E-state index in [0.717, 1.165) is 5.56 Å². The number of rotatable bonds is 7. The van der Waals surface area contributed by atoms with Crippen molar-refractivity contribution >= 4 is 40.7 Å². The van der Waals surface area contributed by atoms with Crippen molar-refractivity contribution in [2.45, 2.75) is 26.4 Å². The molecule has 3 aromatic rings. The topological polar surface area (TPSA) is 80.8 Å². The highest BCUT2D eigenvalue weighted by molar-refractivity contribution is 6.31. The SMILES string of the molecule is Cc1ccc(C(=O)[C@@H](C)OC(=O)[C@H]2CC(=O)N(c3ccc(Cl)cc3C(=O)c3ccccc3)C2)cc1. The predicted octanol–water partition coefficient (Wildman–Crippen LogP) is 5.05. The monoisotopic (exact) mass is 489 g/mol. The molecule has 1 aliphatic rings. The van der Waals surface area contributed by atoms with Gasteiger partial charge in [-0.25, -0.2) is 0 Å². The van der Waals surface area contributed by atoms with E-state index in [0.29, 0.717) is 21.8 Å². The molecule has 1 heterocycles. The number of amides is 1. The van der Waals surface area contributed by atoms with Crippen LogP contribution >= 0.6 is 11.6 Å². The second-order valence-corrected chi connectivity index (χ2v) is 9.01. The van der Waals surface area contributed by atoms with Crippen LogP contribution in [0.3, 0.4) is 0 Å². The number of aryl methyl sites for hydroxylation is 1. The fourth-order valence-corrected chi connectivity index (χ4v) is 4.22. The number of hydrogen-bond donors (Lipinski definition) is 0. The first-order valence-electron chi connectivity index (χ1n) is 11.3. The second kappa shape index (κ2) is 10.2. The third-order valence-corrected chi connectivity index (χ3v) is 6.22. The molecule has 178 valence electrons. The van der Waals surface area contributed by atoms with Gasteiger partial charge in [-0.1, -0.05) is 71.8 Å². The summed E-state index contributed by atoms with van der Waals surface area (Å²) in [4.78, 5) is 52.9. The average Bonchev–Trinajstić information content (AvgIpc) is 3.25. The first kappa shape index (κ1) is 24.4. The van der Waals surface area contributed by atoms with E-state index in [1.54, 1.807) is 54.6 Å². The third kappa shape index (κ3) is 5.33. The molecular weight excluding hydrogens is 466 g/mol. The van der Waals surface area contributed by atoms with E-state index in [1.807, 2.05) is 19.1 Å². The molecule has 7 heteroatoms. The number of esters is 1. The first-order valence-corrected chi connectivity index (χ1v) is 11.6. The van der Waals surface area contributed by atoms with Crippen LogP contribution in [0.1, 0.15) is 45.2 Å². The van der Waals surface area contributed by atoms with E-state index in [9.17, 15) is 19.2 Å². The van der Waals surface area contributed by atoms with Crippen molar-refractivity contribution in [3.05, 3.63) is 100 Å². The second-order valence-electron chi connectivity index (χ2n) is 8.57. The van der Waals surface area contributed by atoms with Crippen molar-refractivity contribution < 1.29 is 23.9 Å². The van der Waals surface area contributed by atoms with Gasteiger partial charge in [-0.05, 0) is 32.0 Å². The lowest BCUT2D eigenvalue weighted by Gasteiger charge is -2.20. The molecule has 35 heavy (non-hydrogen) atoms. The Morgan fingerprint density at radius 1 is 0.971 bits per heavy atom. The van der Waals surface area contributed by atoms with Gasteiger partial charge >= 0.3 is 5.97 Å². The summed E-state index contributed by atoms with van der Waals surface area (Å²) in [6.07, 6.45) is -1.06. The molecular formula is C28H24ClNO5. The van der Waals surface area contributed by atoms with Crippen LogP contribution in [-0.4, -0.2) is 36.1 Å². The number of ether oxygens (including phenoxy) is 1. The van der Waals surface area contributed by atoms with Crippen molar-refractivity contribution in [2.75, 3.05) is 11.4 Å². The van der Waals surface area contributed by atoms with E-state index in [-0.39, 0.29) is 36.0 Å². The summed E-state index contributed by atoms with van der Waals surface area (Å²) < 4.78 is 5.42. The third-order valence-electron chi connectivity index (χ3n) is 5.99. The summed E-state index contributed by atoms with van der Waals surface area (Å²) in [5.41, 5.74) is 2.58. The molecule has 0 aromatic heterocycles. The molecule has 0 aliphatic carbocycles. The fourth-order valence-electron chi connectivity index (χ4n) is 4.05. The first-order chi connectivity index (χ1) is 16.7. The van der Waals surface area contributed by atoms with Crippen LogP contribution in [0.5, 0.6) is 0 Å².